The fourth-order valence-corrected chi connectivity index (χ4v) is 5.05. The van der Waals surface area contributed by atoms with Crippen LogP contribution in [0, 0.1) is 0 Å². The minimum Gasteiger partial charge on any atom is -0.303 e. The lowest BCUT2D eigenvalue weighted by Crippen LogP contribution is -2.34. The standard InChI is InChI=1S/C23H31N3O2S/c1-3-16-25(2)17-9-5-6-10-20-13-14-23-21(19-20)15-18-26(23)29(27,28)24-22-11-7-4-8-12-22/h3-4,7-8,11-14,19,24H,1,5-6,9-10,15-18H2,2H3. The van der Waals surface area contributed by atoms with Gasteiger partial charge in [0.25, 0.3) is 0 Å². The summed E-state index contributed by atoms with van der Waals surface area (Å²) in [6, 6.07) is 15.2. The van der Waals surface area contributed by atoms with Crippen LogP contribution in [-0.4, -0.2) is 40.0 Å². The summed E-state index contributed by atoms with van der Waals surface area (Å²) in [5, 5.41) is 0. The highest BCUT2D eigenvalue weighted by molar-refractivity contribution is 7.94. The third-order valence-corrected chi connectivity index (χ3v) is 6.71. The van der Waals surface area contributed by atoms with Crippen LogP contribution in [0.3, 0.4) is 0 Å². The van der Waals surface area contributed by atoms with Gasteiger partial charge in [0.1, 0.15) is 0 Å². The van der Waals surface area contributed by atoms with E-state index in [1.165, 1.54) is 22.7 Å². The van der Waals surface area contributed by atoms with Crippen molar-refractivity contribution in [2.24, 2.45) is 0 Å². The number of aryl methyl sites for hydroxylation is 1. The largest absolute Gasteiger partial charge is 0.323 e. The second-order valence-electron chi connectivity index (χ2n) is 7.62. The van der Waals surface area contributed by atoms with Gasteiger partial charge in [-0.2, -0.15) is 8.42 Å². The number of para-hydroxylation sites is 1. The molecular formula is C23H31N3O2S. The smallest absolute Gasteiger partial charge is 0.303 e. The second kappa shape index (κ2) is 9.94. The SMILES string of the molecule is C=CCN(C)CCCCCc1ccc2c(c1)CCN2S(=O)(=O)Nc1ccccc1. The van der Waals surface area contributed by atoms with Crippen LogP contribution in [0.4, 0.5) is 11.4 Å². The topological polar surface area (TPSA) is 52.7 Å². The number of hydrogen-bond acceptors (Lipinski definition) is 3. The van der Waals surface area contributed by atoms with Crippen molar-refractivity contribution in [2.75, 3.05) is 35.7 Å². The number of anilines is 2. The molecule has 0 atom stereocenters. The maximum absolute atomic E-state index is 12.8. The molecule has 1 aliphatic rings. The Morgan fingerprint density at radius 2 is 1.93 bits per heavy atom. The molecule has 0 bridgehead atoms. The number of rotatable bonds is 11. The lowest BCUT2D eigenvalue weighted by atomic mass is 10.0. The van der Waals surface area contributed by atoms with Gasteiger partial charge in [0.2, 0.25) is 0 Å². The highest BCUT2D eigenvalue weighted by Crippen LogP contribution is 2.32. The van der Waals surface area contributed by atoms with Gasteiger partial charge in [-0.15, -0.1) is 6.58 Å². The van der Waals surface area contributed by atoms with Crippen molar-refractivity contribution < 1.29 is 8.42 Å². The molecule has 1 N–H and O–H groups in total. The first-order chi connectivity index (χ1) is 14.0. The summed E-state index contributed by atoms with van der Waals surface area (Å²) in [5.41, 5.74) is 3.78. The monoisotopic (exact) mass is 413 g/mol. The van der Waals surface area contributed by atoms with Gasteiger partial charge in [0, 0.05) is 13.1 Å². The van der Waals surface area contributed by atoms with Crippen molar-refractivity contribution in [3.05, 3.63) is 72.3 Å². The first-order valence-electron chi connectivity index (χ1n) is 10.3. The van der Waals surface area contributed by atoms with E-state index in [0.717, 1.165) is 43.6 Å². The number of likely N-dealkylation sites (N-methyl/N-ethyl adjacent to an activating group) is 1. The summed E-state index contributed by atoms with van der Waals surface area (Å²) >= 11 is 0. The molecule has 0 amide bonds. The molecule has 0 aromatic heterocycles. The molecular weight excluding hydrogens is 382 g/mol. The Kier molecular flexibility index (Phi) is 7.34. The van der Waals surface area contributed by atoms with E-state index in [9.17, 15) is 8.42 Å². The minimum absolute atomic E-state index is 0.483. The van der Waals surface area contributed by atoms with Gasteiger partial charge < -0.3 is 4.90 Å². The second-order valence-corrected chi connectivity index (χ2v) is 9.21. The Hall–Kier alpha value is -2.31. The van der Waals surface area contributed by atoms with Gasteiger partial charge in [-0.05, 0) is 68.6 Å². The molecule has 0 saturated heterocycles. The molecule has 0 spiro atoms. The first-order valence-corrected chi connectivity index (χ1v) is 11.7. The molecule has 2 aromatic carbocycles. The van der Waals surface area contributed by atoms with Crippen molar-refractivity contribution in [3.63, 3.8) is 0 Å². The zero-order valence-electron chi connectivity index (χ0n) is 17.2. The van der Waals surface area contributed by atoms with Crippen LogP contribution in [-0.2, 0) is 23.1 Å². The number of nitrogens with zero attached hydrogens (tertiary/aromatic N) is 2. The molecule has 5 nitrogen and oxygen atoms in total. The maximum atomic E-state index is 12.8. The quantitative estimate of drug-likeness (QED) is 0.443. The van der Waals surface area contributed by atoms with Gasteiger partial charge in [-0.25, -0.2) is 0 Å². The Balaban J connectivity index is 1.55. The molecule has 1 aliphatic heterocycles. The van der Waals surface area contributed by atoms with E-state index >= 15 is 0 Å². The van der Waals surface area contributed by atoms with Crippen LogP contribution in [0.1, 0.15) is 30.4 Å². The summed E-state index contributed by atoms with van der Waals surface area (Å²) < 4.78 is 29.8. The highest BCUT2D eigenvalue weighted by Gasteiger charge is 2.29. The Morgan fingerprint density at radius 3 is 2.69 bits per heavy atom. The molecule has 1 heterocycles. The first kappa shape index (κ1) is 21.4. The lowest BCUT2D eigenvalue weighted by Gasteiger charge is -2.20. The number of unbranched alkanes of at least 4 members (excludes halogenated alkanes) is 2. The van der Waals surface area contributed by atoms with Crippen molar-refractivity contribution in [1.29, 1.82) is 0 Å². The van der Waals surface area contributed by atoms with Crippen LogP contribution >= 0.6 is 0 Å². The predicted molar refractivity (Wildman–Crippen MR) is 122 cm³/mol. The highest BCUT2D eigenvalue weighted by atomic mass is 32.2. The third kappa shape index (κ3) is 5.84. The summed E-state index contributed by atoms with van der Waals surface area (Å²) in [4.78, 5) is 2.28. The Labute approximate surface area is 175 Å². The molecule has 0 radical (unpaired) electrons. The average molecular weight is 414 g/mol. The normalized spacial score (nSPS) is 13.5. The zero-order valence-corrected chi connectivity index (χ0v) is 18.0. The summed E-state index contributed by atoms with van der Waals surface area (Å²) in [6.45, 7) is 6.28. The van der Waals surface area contributed by atoms with Crippen molar-refractivity contribution in [3.8, 4) is 0 Å². The molecule has 0 saturated carbocycles. The minimum atomic E-state index is -3.60. The summed E-state index contributed by atoms with van der Waals surface area (Å²) in [7, 11) is -1.49. The Bertz CT molecular complexity index is 913. The molecule has 0 fully saturated rings. The number of nitrogens with one attached hydrogen (secondary N) is 1. The van der Waals surface area contributed by atoms with E-state index in [1.807, 2.05) is 30.3 Å². The molecule has 6 heteroatoms. The average Bonchev–Trinajstić information content (AvgIpc) is 3.12. The van der Waals surface area contributed by atoms with Crippen molar-refractivity contribution in [1.82, 2.24) is 4.90 Å². The van der Waals surface area contributed by atoms with Gasteiger partial charge in [-0.1, -0.05) is 42.8 Å². The van der Waals surface area contributed by atoms with Crippen molar-refractivity contribution >= 4 is 21.6 Å². The molecule has 156 valence electrons. The van der Waals surface area contributed by atoms with E-state index < -0.39 is 10.2 Å². The van der Waals surface area contributed by atoms with E-state index in [1.54, 1.807) is 12.1 Å². The summed E-state index contributed by atoms with van der Waals surface area (Å²) in [5.74, 6) is 0. The molecule has 3 rings (SSSR count). The lowest BCUT2D eigenvalue weighted by molar-refractivity contribution is 0.358. The molecule has 29 heavy (non-hydrogen) atoms. The number of hydrogen-bond donors (Lipinski definition) is 1. The molecule has 0 aliphatic carbocycles. The molecule has 2 aromatic rings. The van der Waals surface area contributed by atoms with E-state index in [0.29, 0.717) is 12.2 Å². The van der Waals surface area contributed by atoms with Crippen LogP contribution < -0.4 is 9.03 Å². The van der Waals surface area contributed by atoms with Crippen molar-refractivity contribution in [2.45, 2.75) is 32.1 Å². The van der Waals surface area contributed by atoms with E-state index in [2.05, 4.69) is 35.4 Å². The van der Waals surface area contributed by atoms with Gasteiger partial charge in [-0.3, -0.25) is 9.03 Å². The van der Waals surface area contributed by atoms with Gasteiger partial charge in [0.15, 0.2) is 0 Å². The van der Waals surface area contributed by atoms with Crippen LogP contribution in [0.25, 0.3) is 0 Å². The van der Waals surface area contributed by atoms with Crippen LogP contribution in [0.5, 0.6) is 0 Å². The van der Waals surface area contributed by atoms with Gasteiger partial charge >= 0.3 is 10.2 Å². The third-order valence-electron chi connectivity index (χ3n) is 5.25. The Morgan fingerprint density at radius 1 is 1.14 bits per heavy atom. The fourth-order valence-electron chi connectivity index (χ4n) is 3.74. The van der Waals surface area contributed by atoms with E-state index in [4.69, 9.17) is 0 Å². The van der Waals surface area contributed by atoms with Crippen LogP contribution in [0.2, 0.25) is 0 Å². The number of benzene rings is 2. The van der Waals surface area contributed by atoms with E-state index in [-0.39, 0.29) is 0 Å². The maximum Gasteiger partial charge on any atom is 0.323 e. The zero-order chi connectivity index (χ0) is 20.7. The predicted octanol–water partition coefficient (Wildman–Crippen LogP) is 4.24. The molecule has 0 unspecified atom stereocenters. The van der Waals surface area contributed by atoms with Crippen LogP contribution in [0.15, 0.2) is 61.2 Å². The summed E-state index contributed by atoms with van der Waals surface area (Å²) in [6.07, 6.45) is 7.26. The fraction of sp³-hybridized carbons (Fsp3) is 0.391. The van der Waals surface area contributed by atoms with Gasteiger partial charge in [0.05, 0.1) is 11.4 Å². The number of fused-ring (bicyclic) bond motifs is 1.